The molecule has 1 aromatic carbocycles. The minimum atomic E-state index is -0.178. The first kappa shape index (κ1) is 16.4. The van der Waals surface area contributed by atoms with Crippen LogP contribution in [0.25, 0.3) is 0 Å². The van der Waals surface area contributed by atoms with Crippen LogP contribution in [0, 0.1) is 0 Å². The summed E-state index contributed by atoms with van der Waals surface area (Å²) in [6.07, 6.45) is 10.9. The maximum absolute atomic E-state index is 10.3. The Hall–Kier alpha value is -1.02. The lowest BCUT2D eigenvalue weighted by molar-refractivity contribution is 0.165. The third kappa shape index (κ3) is 5.35. The van der Waals surface area contributed by atoms with Crippen molar-refractivity contribution in [1.82, 2.24) is 0 Å². The highest BCUT2D eigenvalue weighted by Gasteiger charge is 2.18. The van der Waals surface area contributed by atoms with E-state index in [-0.39, 0.29) is 6.10 Å². The van der Waals surface area contributed by atoms with Gasteiger partial charge >= 0.3 is 0 Å². The van der Waals surface area contributed by atoms with Crippen LogP contribution in [0.15, 0.2) is 24.3 Å². The molecule has 21 heavy (non-hydrogen) atoms. The molecule has 0 amide bonds. The molecule has 0 fully saturated rings. The van der Waals surface area contributed by atoms with Crippen LogP contribution in [0.2, 0.25) is 0 Å². The van der Waals surface area contributed by atoms with Gasteiger partial charge < -0.3 is 10.0 Å². The van der Waals surface area contributed by atoms with E-state index in [1.54, 1.807) is 0 Å². The summed E-state index contributed by atoms with van der Waals surface area (Å²) in [4.78, 5) is 2.38. The van der Waals surface area contributed by atoms with Gasteiger partial charge in [0.25, 0.3) is 0 Å². The molecule has 2 rings (SSSR count). The number of benzene rings is 1. The van der Waals surface area contributed by atoms with Crippen LogP contribution in [-0.4, -0.2) is 24.3 Å². The van der Waals surface area contributed by atoms with Gasteiger partial charge in [0.1, 0.15) is 0 Å². The molecule has 1 N–H and O–H groups in total. The van der Waals surface area contributed by atoms with Crippen molar-refractivity contribution in [1.29, 1.82) is 0 Å². The smallest absolute Gasteiger partial charge is 0.0715 e. The van der Waals surface area contributed by atoms with Crippen molar-refractivity contribution < 1.29 is 5.11 Å². The molecule has 0 saturated carbocycles. The number of nitrogens with zero attached hydrogens (tertiary/aromatic N) is 1. The first-order valence-corrected chi connectivity index (χ1v) is 8.82. The highest BCUT2D eigenvalue weighted by atomic mass is 16.3. The average Bonchev–Trinajstić information content (AvgIpc) is 2.51. The number of rotatable bonds is 9. The van der Waals surface area contributed by atoms with Crippen LogP contribution in [0.5, 0.6) is 0 Å². The zero-order valence-corrected chi connectivity index (χ0v) is 13.6. The van der Waals surface area contributed by atoms with Crippen molar-refractivity contribution >= 4 is 5.69 Å². The molecule has 0 spiro atoms. The van der Waals surface area contributed by atoms with Crippen LogP contribution >= 0.6 is 0 Å². The van der Waals surface area contributed by atoms with Crippen LogP contribution in [0.1, 0.15) is 63.9 Å². The van der Waals surface area contributed by atoms with Gasteiger partial charge in [-0.2, -0.15) is 0 Å². The molecule has 1 atom stereocenters. The van der Waals surface area contributed by atoms with Crippen molar-refractivity contribution in [2.24, 2.45) is 0 Å². The summed E-state index contributed by atoms with van der Waals surface area (Å²) in [5, 5.41) is 10.3. The van der Waals surface area contributed by atoms with E-state index < -0.39 is 0 Å². The summed E-state index contributed by atoms with van der Waals surface area (Å²) < 4.78 is 0. The van der Waals surface area contributed by atoms with Gasteiger partial charge in [-0.25, -0.2) is 0 Å². The third-order valence-corrected chi connectivity index (χ3v) is 4.53. The molecule has 1 aliphatic heterocycles. The van der Waals surface area contributed by atoms with Crippen molar-refractivity contribution in [3.05, 3.63) is 29.8 Å². The normalized spacial score (nSPS) is 15.8. The van der Waals surface area contributed by atoms with E-state index in [4.69, 9.17) is 0 Å². The Morgan fingerprint density at radius 2 is 1.86 bits per heavy atom. The van der Waals surface area contributed by atoms with E-state index in [1.807, 2.05) is 0 Å². The second-order valence-electron chi connectivity index (χ2n) is 6.39. The lowest BCUT2D eigenvalue weighted by atomic mass is 10.0. The van der Waals surface area contributed by atoms with E-state index in [2.05, 4.69) is 36.1 Å². The first-order chi connectivity index (χ1) is 10.3. The number of fused-ring (bicyclic) bond motifs is 1. The van der Waals surface area contributed by atoms with E-state index in [0.717, 1.165) is 19.5 Å². The van der Waals surface area contributed by atoms with Gasteiger partial charge in [-0.05, 0) is 30.9 Å². The zero-order valence-electron chi connectivity index (χ0n) is 13.6. The molecule has 0 aromatic heterocycles. The minimum absolute atomic E-state index is 0.178. The molecule has 0 saturated heterocycles. The quantitative estimate of drug-likeness (QED) is 0.674. The third-order valence-electron chi connectivity index (χ3n) is 4.53. The Morgan fingerprint density at radius 3 is 2.71 bits per heavy atom. The Labute approximate surface area is 130 Å². The van der Waals surface area contributed by atoms with Crippen LogP contribution in [0.4, 0.5) is 5.69 Å². The molecule has 1 heterocycles. The Morgan fingerprint density at radius 1 is 1.10 bits per heavy atom. The number of unbranched alkanes of at least 4 members (excludes halogenated alkanes) is 5. The van der Waals surface area contributed by atoms with Crippen molar-refractivity contribution in [2.45, 2.75) is 70.8 Å². The predicted molar refractivity (Wildman–Crippen MR) is 91.0 cm³/mol. The van der Waals surface area contributed by atoms with Gasteiger partial charge in [0.2, 0.25) is 0 Å². The van der Waals surface area contributed by atoms with E-state index in [0.29, 0.717) is 0 Å². The molecule has 118 valence electrons. The monoisotopic (exact) mass is 289 g/mol. The molecule has 0 aliphatic carbocycles. The lowest BCUT2D eigenvalue weighted by Gasteiger charge is -2.32. The maximum atomic E-state index is 10.3. The van der Waals surface area contributed by atoms with Crippen LogP contribution < -0.4 is 4.90 Å². The molecule has 1 aliphatic rings. The predicted octanol–water partition coefficient (Wildman–Crippen LogP) is 4.55. The summed E-state index contributed by atoms with van der Waals surface area (Å²) in [6, 6.07) is 8.65. The van der Waals surface area contributed by atoms with Crippen LogP contribution in [0.3, 0.4) is 0 Å². The standard InChI is InChI=1S/C19H31NO/c1-2-3-4-5-6-7-13-18(21)16-20-15-10-12-17-11-8-9-14-19(17)20/h8-9,11,14,18,21H,2-7,10,12-13,15-16H2,1H3. The largest absolute Gasteiger partial charge is 0.391 e. The van der Waals surface area contributed by atoms with E-state index in [1.165, 1.54) is 62.6 Å². The van der Waals surface area contributed by atoms with Gasteiger partial charge in [0, 0.05) is 18.8 Å². The first-order valence-electron chi connectivity index (χ1n) is 8.82. The lowest BCUT2D eigenvalue weighted by Crippen LogP contribution is -2.36. The molecular formula is C19H31NO. The van der Waals surface area contributed by atoms with Crippen LogP contribution in [-0.2, 0) is 6.42 Å². The fourth-order valence-electron chi connectivity index (χ4n) is 3.31. The fraction of sp³-hybridized carbons (Fsp3) is 0.684. The number of anilines is 1. The van der Waals surface area contributed by atoms with Gasteiger partial charge in [-0.1, -0.05) is 63.6 Å². The van der Waals surface area contributed by atoms with Crippen molar-refractivity contribution in [3.63, 3.8) is 0 Å². The number of para-hydroxylation sites is 1. The second kappa shape index (κ2) is 9.09. The fourth-order valence-corrected chi connectivity index (χ4v) is 3.31. The number of β-amino-alcohol motifs (C(OH)–C–C–N with tert-alkyl or cyclic N) is 1. The zero-order chi connectivity index (χ0) is 14.9. The SMILES string of the molecule is CCCCCCCCC(O)CN1CCCc2ccccc21. The Kier molecular flexibility index (Phi) is 7.08. The maximum Gasteiger partial charge on any atom is 0.0715 e. The van der Waals surface area contributed by atoms with Gasteiger partial charge in [0.15, 0.2) is 0 Å². The summed E-state index contributed by atoms with van der Waals surface area (Å²) in [5.41, 5.74) is 2.78. The molecule has 0 radical (unpaired) electrons. The molecule has 0 bridgehead atoms. The molecule has 1 unspecified atom stereocenters. The van der Waals surface area contributed by atoms with E-state index in [9.17, 15) is 5.11 Å². The highest BCUT2D eigenvalue weighted by Crippen LogP contribution is 2.27. The van der Waals surface area contributed by atoms with Crippen molar-refractivity contribution in [2.75, 3.05) is 18.0 Å². The molecular weight excluding hydrogens is 258 g/mol. The number of hydrogen-bond acceptors (Lipinski definition) is 2. The minimum Gasteiger partial charge on any atom is -0.391 e. The molecule has 2 nitrogen and oxygen atoms in total. The number of aryl methyl sites for hydroxylation is 1. The van der Waals surface area contributed by atoms with Gasteiger partial charge in [-0.15, -0.1) is 0 Å². The van der Waals surface area contributed by atoms with E-state index >= 15 is 0 Å². The molecule has 2 heteroatoms. The summed E-state index contributed by atoms with van der Waals surface area (Å²) in [6.45, 7) is 4.14. The summed E-state index contributed by atoms with van der Waals surface area (Å²) in [5.74, 6) is 0. The van der Waals surface area contributed by atoms with Gasteiger partial charge in [0.05, 0.1) is 6.10 Å². The summed E-state index contributed by atoms with van der Waals surface area (Å²) >= 11 is 0. The number of aliphatic hydroxyl groups is 1. The number of hydrogen-bond donors (Lipinski definition) is 1. The van der Waals surface area contributed by atoms with Gasteiger partial charge in [-0.3, -0.25) is 0 Å². The highest BCUT2D eigenvalue weighted by molar-refractivity contribution is 5.55. The molecule has 1 aromatic rings. The number of aliphatic hydroxyl groups excluding tert-OH is 1. The average molecular weight is 289 g/mol. The Bertz CT molecular complexity index is 404. The topological polar surface area (TPSA) is 23.5 Å². The Balaban J connectivity index is 1.70. The second-order valence-corrected chi connectivity index (χ2v) is 6.39. The summed E-state index contributed by atoms with van der Waals surface area (Å²) in [7, 11) is 0. The van der Waals surface area contributed by atoms with Crippen molar-refractivity contribution in [3.8, 4) is 0 Å².